The number of carbonyl (C=O) groups is 1. The molecule has 1 saturated heterocycles. The molecule has 1 aliphatic heterocycles. The van der Waals surface area contributed by atoms with Crippen LogP contribution >= 0.6 is 0 Å². The van der Waals surface area contributed by atoms with Gasteiger partial charge in [0, 0.05) is 24.8 Å². The predicted molar refractivity (Wildman–Crippen MR) is 94.1 cm³/mol. The number of aryl methyl sites for hydroxylation is 1. The first-order valence-electron chi connectivity index (χ1n) is 8.33. The smallest absolute Gasteiger partial charge is 0.337 e. The van der Waals surface area contributed by atoms with E-state index < -0.39 is 5.97 Å². The number of carboxylic acid groups (broad SMARTS) is 1. The Morgan fingerprint density at radius 2 is 1.83 bits per heavy atom. The molecule has 0 atom stereocenters. The van der Waals surface area contributed by atoms with Crippen molar-refractivity contribution in [3.8, 4) is 0 Å². The largest absolute Gasteiger partial charge is 0.478 e. The molecule has 0 saturated carbocycles. The van der Waals surface area contributed by atoms with E-state index in [2.05, 4.69) is 20.2 Å². The van der Waals surface area contributed by atoms with Gasteiger partial charge in [-0.25, -0.2) is 9.78 Å². The van der Waals surface area contributed by atoms with Crippen LogP contribution in [0.25, 0.3) is 0 Å². The Hall–Kier alpha value is -2.63. The molecule has 1 aliphatic rings. The second-order valence-corrected chi connectivity index (χ2v) is 6.07. The highest BCUT2D eigenvalue weighted by molar-refractivity contribution is 5.95. The average molecular weight is 326 g/mol. The van der Waals surface area contributed by atoms with Crippen LogP contribution in [0.2, 0.25) is 0 Å². The highest BCUT2D eigenvalue weighted by Gasteiger charge is 2.15. The van der Waals surface area contributed by atoms with Crippen molar-refractivity contribution in [2.45, 2.75) is 32.6 Å². The molecule has 0 radical (unpaired) electrons. The zero-order valence-electron chi connectivity index (χ0n) is 13.8. The Morgan fingerprint density at radius 1 is 1.12 bits per heavy atom. The number of hydrogen-bond donors (Lipinski definition) is 2. The highest BCUT2D eigenvalue weighted by atomic mass is 16.4. The molecule has 2 aromatic rings. The summed E-state index contributed by atoms with van der Waals surface area (Å²) in [5, 5.41) is 12.4. The number of benzene rings is 1. The van der Waals surface area contributed by atoms with Gasteiger partial charge in [-0.05, 0) is 31.9 Å². The van der Waals surface area contributed by atoms with Gasteiger partial charge in [-0.15, -0.1) is 0 Å². The molecule has 1 aromatic carbocycles. The van der Waals surface area contributed by atoms with E-state index in [9.17, 15) is 9.90 Å². The fourth-order valence-electron chi connectivity index (χ4n) is 2.95. The SMILES string of the molecule is Cc1cc(Nc2ccccc2C(=O)O)nc(N2CCCCCC2)n1. The van der Waals surface area contributed by atoms with Gasteiger partial charge in [-0.3, -0.25) is 0 Å². The monoisotopic (exact) mass is 326 g/mol. The number of nitrogens with zero attached hydrogens (tertiary/aromatic N) is 3. The zero-order chi connectivity index (χ0) is 16.9. The van der Waals surface area contributed by atoms with E-state index in [1.807, 2.05) is 13.0 Å². The summed E-state index contributed by atoms with van der Waals surface area (Å²) in [6.07, 6.45) is 4.81. The number of carboxylic acids is 1. The molecule has 126 valence electrons. The fourth-order valence-corrected chi connectivity index (χ4v) is 2.95. The van der Waals surface area contributed by atoms with Gasteiger partial charge >= 0.3 is 5.97 Å². The summed E-state index contributed by atoms with van der Waals surface area (Å²) >= 11 is 0. The number of para-hydroxylation sites is 1. The molecule has 24 heavy (non-hydrogen) atoms. The molecule has 3 rings (SSSR count). The van der Waals surface area contributed by atoms with Crippen LogP contribution < -0.4 is 10.2 Å². The van der Waals surface area contributed by atoms with Crippen LogP contribution in [0.5, 0.6) is 0 Å². The van der Waals surface area contributed by atoms with E-state index in [0.717, 1.165) is 31.6 Å². The van der Waals surface area contributed by atoms with Gasteiger partial charge in [0.2, 0.25) is 5.95 Å². The molecule has 2 N–H and O–H groups in total. The Bertz CT molecular complexity index is 725. The van der Waals surface area contributed by atoms with Crippen LogP contribution in [-0.4, -0.2) is 34.1 Å². The van der Waals surface area contributed by atoms with Crippen molar-refractivity contribution in [2.75, 3.05) is 23.3 Å². The summed E-state index contributed by atoms with van der Waals surface area (Å²) in [4.78, 5) is 22.7. The minimum absolute atomic E-state index is 0.227. The first-order chi connectivity index (χ1) is 11.6. The van der Waals surface area contributed by atoms with E-state index in [0.29, 0.717) is 17.5 Å². The van der Waals surface area contributed by atoms with E-state index in [1.165, 1.54) is 12.8 Å². The lowest BCUT2D eigenvalue weighted by Gasteiger charge is -2.21. The number of anilines is 3. The Labute approximate surface area is 141 Å². The van der Waals surface area contributed by atoms with E-state index >= 15 is 0 Å². The predicted octanol–water partition coefficient (Wildman–Crippen LogP) is 3.61. The minimum Gasteiger partial charge on any atom is -0.478 e. The second-order valence-electron chi connectivity index (χ2n) is 6.07. The molecule has 6 nitrogen and oxygen atoms in total. The lowest BCUT2D eigenvalue weighted by Crippen LogP contribution is -2.26. The quantitative estimate of drug-likeness (QED) is 0.893. The molecule has 1 aromatic heterocycles. The maximum Gasteiger partial charge on any atom is 0.337 e. The first kappa shape index (κ1) is 16.2. The first-order valence-corrected chi connectivity index (χ1v) is 8.33. The van der Waals surface area contributed by atoms with Crippen LogP contribution in [0.15, 0.2) is 30.3 Å². The molecule has 0 bridgehead atoms. The van der Waals surface area contributed by atoms with Crippen molar-refractivity contribution in [3.05, 3.63) is 41.6 Å². The zero-order valence-corrected chi connectivity index (χ0v) is 13.8. The van der Waals surface area contributed by atoms with Gasteiger partial charge in [0.05, 0.1) is 11.3 Å². The molecule has 0 aliphatic carbocycles. The maximum absolute atomic E-state index is 11.4. The third kappa shape index (κ3) is 3.82. The van der Waals surface area contributed by atoms with Crippen molar-refractivity contribution in [1.29, 1.82) is 0 Å². The van der Waals surface area contributed by atoms with Gasteiger partial charge in [0.1, 0.15) is 5.82 Å². The molecular formula is C18H22N4O2. The molecule has 0 spiro atoms. The van der Waals surface area contributed by atoms with Gasteiger partial charge in [-0.2, -0.15) is 4.98 Å². The Balaban J connectivity index is 1.88. The fraction of sp³-hybridized carbons (Fsp3) is 0.389. The third-order valence-corrected chi connectivity index (χ3v) is 4.15. The van der Waals surface area contributed by atoms with Crippen LogP contribution in [-0.2, 0) is 0 Å². The van der Waals surface area contributed by atoms with Crippen LogP contribution in [0.3, 0.4) is 0 Å². The molecular weight excluding hydrogens is 304 g/mol. The molecule has 1 fully saturated rings. The van der Waals surface area contributed by atoms with Crippen molar-refractivity contribution in [1.82, 2.24) is 9.97 Å². The van der Waals surface area contributed by atoms with Crippen LogP contribution in [0.1, 0.15) is 41.7 Å². The van der Waals surface area contributed by atoms with E-state index in [4.69, 9.17) is 0 Å². The lowest BCUT2D eigenvalue weighted by atomic mass is 10.2. The van der Waals surface area contributed by atoms with E-state index in [1.54, 1.807) is 24.3 Å². The van der Waals surface area contributed by atoms with Gasteiger partial charge in [0.15, 0.2) is 0 Å². The number of nitrogens with one attached hydrogen (secondary N) is 1. The molecule has 6 heteroatoms. The normalized spacial score (nSPS) is 15.0. The van der Waals surface area contributed by atoms with Crippen molar-refractivity contribution in [3.63, 3.8) is 0 Å². The number of aromatic nitrogens is 2. The molecule has 0 amide bonds. The summed E-state index contributed by atoms with van der Waals surface area (Å²) in [6, 6.07) is 8.67. The standard InChI is InChI=1S/C18H22N4O2/c1-13-12-16(20-15-9-5-4-8-14(15)17(23)24)21-18(19-13)22-10-6-2-3-7-11-22/h4-5,8-9,12H,2-3,6-7,10-11H2,1H3,(H,23,24)(H,19,20,21). The van der Waals surface area contributed by atoms with Crippen molar-refractivity contribution < 1.29 is 9.90 Å². The Morgan fingerprint density at radius 3 is 2.54 bits per heavy atom. The van der Waals surface area contributed by atoms with E-state index in [-0.39, 0.29) is 5.56 Å². The number of rotatable bonds is 4. The number of hydrogen-bond acceptors (Lipinski definition) is 5. The van der Waals surface area contributed by atoms with Gasteiger partial charge < -0.3 is 15.3 Å². The topological polar surface area (TPSA) is 78.3 Å². The second kappa shape index (κ2) is 7.29. The summed E-state index contributed by atoms with van der Waals surface area (Å²) in [7, 11) is 0. The van der Waals surface area contributed by atoms with Gasteiger partial charge in [0.25, 0.3) is 0 Å². The maximum atomic E-state index is 11.4. The third-order valence-electron chi connectivity index (χ3n) is 4.15. The Kier molecular flexibility index (Phi) is 4.93. The minimum atomic E-state index is -0.961. The summed E-state index contributed by atoms with van der Waals surface area (Å²) in [5.41, 5.74) is 1.62. The van der Waals surface area contributed by atoms with Crippen LogP contribution in [0.4, 0.5) is 17.5 Å². The lowest BCUT2D eigenvalue weighted by molar-refractivity contribution is 0.0698. The number of aromatic carboxylic acids is 1. The average Bonchev–Trinajstić information content (AvgIpc) is 2.84. The highest BCUT2D eigenvalue weighted by Crippen LogP contribution is 2.23. The molecule has 2 heterocycles. The molecule has 0 unspecified atom stereocenters. The van der Waals surface area contributed by atoms with Gasteiger partial charge in [-0.1, -0.05) is 25.0 Å². The summed E-state index contributed by atoms with van der Waals surface area (Å²) in [5.74, 6) is 0.374. The summed E-state index contributed by atoms with van der Waals surface area (Å²) < 4.78 is 0. The van der Waals surface area contributed by atoms with Crippen molar-refractivity contribution in [2.24, 2.45) is 0 Å². The summed E-state index contributed by atoms with van der Waals surface area (Å²) in [6.45, 7) is 3.86. The van der Waals surface area contributed by atoms with Crippen LogP contribution in [0, 0.1) is 6.92 Å². The van der Waals surface area contributed by atoms with Crippen molar-refractivity contribution >= 4 is 23.4 Å².